The summed E-state index contributed by atoms with van der Waals surface area (Å²) in [5.74, 6) is 0.0605. The van der Waals surface area contributed by atoms with Crippen molar-refractivity contribution in [1.29, 1.82) is 0 Å². The molecule has 0 bridgehead atoms. The molecule has 0 atom stereocenters. The minimum Gasteiger partial charge on any atom is -0.166 e. The Bertz CT molecular complexity index is 254. The van der Waals surface area contributed by atoms with Crippen LogP contribution in [-0.2, 0) is 0 Å². The highest BCUT2D eigenvalue weighted by Crippen LogP contribution is 2.27. The van der Waals surface area contributed by atoms with E-state index in [4.69, 9.17) is 0 Å². The van der Waals surface area contributed by atoms with E-state index in [0.717, 1.165) is 6.08 Å². The molecule has 0 aliphatic rings. The molecule has 0 aromatic heterocycles. The Balaban J connectivity index is 4.84. The van der Waals surface area contributed by atoms with Crippen LogP contribution in [0.15, 0.2) is 36.0 Å². The first-order valence-corrected chi connectivity index (χ1v) is 4.39. The van der Waals surface area contributed by atoms with Crippen LogP contribution in [0.2, 0.25) is 0 Å². The van der Waals surface area contributed by atoms with E-state index in [1.807, 2.05) is 13.8 Å². The summed E-state index contributed by atoms with van der Waals surface area (Å²) in [6.07, 6.45) is 0.142. The van der Waals surface area contributed by atoms with Gasteiger partial charge in [-0.1, -0.05) is 32.6 Å². The van der Waals surface area contributed by atoms with Crippen LogP contribution < -0.4 is 0 Å². The average molecular weight is 204 g/mol. The molecule has 0 saturated heterocycles. The molecule has 0 heterocycles. The van der Waals surface area contributed by atoms with Gasteiger partial charge in [0.2, 0.25) is 0 Å². The summed E-state index contributed by atoms with van der Waals surface area (Å²) in [5, 5.41) is 0. The Labute approximate surface area is 82.8 Å². The molecule has 0 aliphatic carbocycles. The van der Waals surface area contributed by atoms with Crippen molar-refractivity contribution in [3.8, 4) is 0 Å². The largest absolute Gasteiger partial charge is 0.415 e. The molecule has 0 aromatic rings. The Morgan fingerprint density at radius 3 is 2.07 bits per heavy atom. The Morgan fingerprint density at radius 2 is 1.79 bits per heavy atom. The molecule has 0 spiro atoms. The van der Waals surface area contributed by atoms with E-state index in [0.29, 0.717) is 5.57 Å². The lowest BCUT2D eigenvalue weighted by Crippen LogP contribution is -2.09. The zero-order valence-electron chi connectivity index (χ0n) is 8.65. The molecule has 14 heavy (non-hydrogen) atoms. The normalized spacial score (nSPS) is 14.1. The van der Waals surface area contributed by atoms with Gasteiger partial charge in [-0.3, -0.25) is 0 Å². The van der Waals surface area contributed by atoms with Gasteiger partial charge in [-0.25, -0.2) is 0 Å². The van der Waals surface area contributed by atoms with Crippen molar-refractivity contribution >= 4 is 0 Å². The number of alkyl halides is 3. The fraction of sp³-hybridized carbons (Fsp3) is 0.455. The fourth-order valence-corrected chi connectivity index (χ4v) is 0.883. The third-order valence-corrected chi connectivity index (χ3v) is 1.73. The van der Waals surface area contributed by atoms with Gasteiger partial charge >= 0.3 is 6.18 Å². The summed E-state index contributed by atoms with van der Waals surface area (Å²) in [7, 11) is 0. The van der Waals surface area contributed by atoms with Gasteiger partial charge in [0.15, 0.2) is 0 Å². The molecular weight excluding hydrogens is 189 g/mol. The highest BCUT2D eigenvalue weighted by Gasteiger charge is 2.30. The second kappa shape index (κ2) is 5.03. The average Bonchev–Trinajstić information content (AvgIpc) is 2.01. The molecule has 0 radical (unpaired) electrons. The van der Waals surface area contributed by atoms with E-state index < -0.39 is 11.7 Å². The molecule has 0 aromatic carbocycles. The summed E-state index contributed by atoms with van der Waals surface area (Å²) in [4.78, 5) is 0. The van der Waals surface area contributed by atoms with Gasteiger partial charge in [-0.2, -0.15) is 13.2 Å². The second-order valence-electron chi connectivity index (χ2n) is 3.32. The predicted octanol–water partition coefficient (Wildman–Crippen LogP) is 4.26. The summed E-state index contributed by atoms with van der Waals surface area (Å²) < 4.78 is 36.4. The van der Waals surface area contributed by atoms with Gasteiger partial charge in [-0.15, -0.1) is 0 Å². The summed E-state index contributed by atoms with van der Waals surface area (Å²) in [6.45, 7) is 8.45. The molecule has 0 unspecified atom stereocenters. The van der Waals surface area contributed by atoms with Crippen LogP contribution in [0.1, 0.15) is 20.8 Å². The van der Waals surface area contributed by atoms with Crippen LogP contribution in [0.4, 0.5) is 13.2 Å². The highest BCUT2D eigenvalue weighted by atomic mass is 19.4. The Morgan fingerprint density at radius 1 is 1.29 bits per heavy atom. The monoisotopic (exact) mass is 204 g/mol. The molecule has 0 aliphatic heterocycles. The molecule has 0 rings (SSSR count). The molecule has 0 N–H and O–H groups in total. The lowest BCUT2D eigenvalue weighted by Gasteiger charge is -2.10. The van der Waals surface area contributed by atoms with Gasteiger partial charge in [0.05, 0.1) is 0 Å². The quantitative estimate of drug-likeness (QED) is 0.602. The maximum absolute atomic E-state index is 12.1. The molecule has 0 amide bonds. The molecule has 80 valence electrons. The molecule has 0 saturated carbocycles. The van der Waals surface area contributed by atoms with E-state index in [-0.39, 0.29) is 5.92 Å². The van der Waals surface area contributed by atoms with E-state index in [9.17, 15) is 13.2 Å². The number of hydrogen-bond acceptors (Lipinski definition) is 0. The van der Waals surface area contributed by atoms with E-state index in [1.165, 1.54) is 0 Å². The topological polar surface area (TPSA) is 0 Å². The van der Waals surface area contributed by atoms with Crippen molar-refractivity contribution in [3.63, 3.8) is 0 Å². The number of hydrogen-bond donors (Lipinski definition) is 0. The summed E-state index contributed by atoms with van der Waals surface area (Å²) in [5.41, 5.74) is -0.172. The number of rotatable bonds is 3. The molecular formula is C11H15F3. The van der Waals surface area contributed by atoms with Crippen LogP contribution in [0, 0.1) is 5.92 Å². The molecule has 0 fully saturated rings. The second-order valence-corrected chi connectivity index (χ2v) is 3.32. The van der Waals surface area contributed by atoms with Crippen LogP contribution in [-0.4, -0.2) is 6.18 Å². The first-order chi connectivity index (χ1) is 6.29. The summed E-state index contributed by atoms with van der Waals surface area (Å²) in [6, 6.07) is 0. The minimum atomic E-state index is -4.33. The highest BCUT2D eigenvalue weighted by molar-refractivity contribution is 5.31. The SMILES string of the molecule is C=C(/C=C(\C=C/C)C(C)C)C(F)(F)F. The van der Waals surface area contributed by atoms with Crippen molar-refractivity contribution in [3.05, 3.63) is 36.0 Å². The first-order valence-electron chi connectivity index (χ1n) is 4.39. The van der Waals surface area contributed by atoms with E-state index >= 15 is 0 Å². The lowest BCUT2D eigenvalue weighted by atomic mass is 10.0. The third kappa shape index (κ3) is 4.30. The van der Waals surface area contributed by atoms with Gasteiger partial charge in [0, 0.05) is 5.57 Å². The Hall–Kier alpha value is -0.990. The minimum absolute atomic E-state index is 0.0605. The molecule has 3 heteroatoms. The van der Waals surface area contributed by atoms with Crippen molar-refractivity contribution in [1.82, 2.24) is 0 Å². The van der Waals surface area contributed by atoms with Gasteiger partial charge in [-0.05, 0) is 24.5 Å². The standard InChI is InChI=1S/C11H15F3/c1-5-6-10(8(2)3)7-9(4)11(12,13)14/h5-8H,4H2,1-3H3/b6-5-,10-7+. The number of allylic oxidation sites excluding steroid dienone is 5. The smallest absolute Gasteiger partial charge is 0.166 e. The van der Waals surface area contributed by atoms with Crippen molar-refractivity contribution in [2.45, 2.75) is 26.9 Å². The van der Waals surface area contributed by atoms with Gasteiger partial charge < -0.3 is 0 Å². The predicted molar refractivity (Wildman–Crippen MR) is 52.9 cm³/mol. The third-order valence-electron chi connectivity index (χ3n) is 1.73. The van der Waals surface area contributed by atoms with Crippen molar-refractivity contribution in [2.75, 3.05) is 0 Å². The first kappa shape index (κ1) is 13.0. The zero-order chi connectivity index (χ0) is 11.4. The molecule has 0 nitrogen and oxygen atoms in total. The van der Waals surface area contributed by atoms with Crippen LogP contribution in [0.5, 0.6) is 0 Å². The van der Waals surface area contributed by atoms with Crippen LogP contribution >= 0.6 is 0 Å². The maximum Gasteiger partial charge on any atom is 0.415 e. The van der Waals surface area contributed by atoms with E-state index in [2.05, 4.69) is 6.58 Å². The van der Waals surface area contributed by atoms with Crippen molar-refractivity contribution in [2.24, 2.45) is 5.92 Å². The van der Waals surface area contributed by atoms with Gasteiger partial charge in [0.25, 0.3) is 0 Å². The maximum atomic E-state index is 12.1. The van der Waals surface area contributed by atoms with Crippen LogP contribution in [0.3, 0.4) is 0 Å². The zero-order valence-corrected chi connectivity index (χ0v) is 8.65. The van der Waals surface area contributed by atoms with Crippen molar-refractivity contribution < 1.29 is 13.2 Å². The lowest BCUT2D eigenvalue weighted by molar-refractivity contribution is -0.0878. The summed E-state index contributed by atoms with van der Waals surface area (Å²) >= 11 is 0. The van der Waals surface area contributed by atoms with Gasteiger partial charge in [0.1, 0.15) is 0 Å². The van der Waals surface area contributed by atoms with E-state index in [1.54, 1.807) is 19.1 Å². The fourth-order valence-electron chi connectivity index (χ4n) is 0.883. The Kier molecular flexibility index (Phi) is 4.68. The van der Waals surface area contributed by atoms with Crippen LogP contribution in [0.25, 0.3) is 0 Å². The number of halogens is 3.